The van der Waals surface area contributed by atoms with E-state index in [1.807, 2.05) is 38.1 Å². The van der Waals surface area contributed by atoms with E-state index in [1.165, 1.54) is 0 Å². The number of phenolic OH excluding ortho intramolecular Hbond substituents is 1. The molecule has 0 radical (unpaired) electrons. The molecule has 5 heteroatoms. The van der Waals surface area contributed by atoms with Gasteiger partial charge in [0.25, 0.3) is 0 Å². The average molecular weight is 376 g/mol. The van der Waals surface area contributed by atoms with Crippen LogP contribution >= 0.6 is 11.6 Å². The van der Waals surface area contributed by atoms with Crippen LogP contribution < -0.4 is 4.74 Å². The molecule has 3 rings (SSSR count). The largest absolute Gasteiger partial charge is 0.508 e. The van der Waals surface area contributed by atoms with E-state index in [4.69, 9.17) is 16.3 Å². The van der Waals surface area contributed by atoms with E-state index in [0.29, 0.717) is 6.54 Å². The minimum Gasteiger partial charge on any atom is -0.508 e. The maximum Gasteiger partial charge on any atom is 0.120 e. The van der Waals surface area contributed by atoms with Gasteiger partial charge in [0.2, 0.25) is 0 Å². The van der Waals surface area contributed by atoms with Crippen LogP contribution in [0.25, 0.3) is 0 Å². The molecule has 4 nitrogen and oxygen atoms in total. The Morgan fingerprint density at radius 2 is 1.81 bits per heavy atom. The molecule has 1 atom stereocenters. The number of aryl methyl sites for hydroxylation is 2. The van der Waals surface area contributed by atoms with Gasteiger partial charge in [-0.25, -0.2) is 0 Å². The molecule has 0 bridgehead atoms. The molecular weight excluding hydrogens is 350 g/mol. The zero-order valence-electron chi connectivity index (χ0n) is 15.3. The second-order valence-electron chi connectivity index (χ2n) is 7.36. The number of aromatic hydroxyl groups is 1. The van der Waals surface area contributed by atoms with Gasteiger partial charge in [0.15, 0.2) is 0 Å². The zero-order valence-corrected chi connectivity index (χ0v) is 16.1. The second-order valence-corrected chi connectivity index (χ2v) is 7.74. The summed E-state index contributed by atoms with van der Waals surface area (Å²) in [6, 6.07) is 11.0. The van der Waals surface area contributed by atoms with E-state index in [-0.39, 0.29) is 12.4 Å². The van der Waals surface area contributed by atoms with Gasteiger partial charge in [0.05, 0.1) is 0 Å². The minimum absolute atomic E-state index is 0.263. The number of benzene rings is 2. The van der Waals surface area contributed by atoms with E-state index in [9.17, 15) is 10.2 Å². The lowest BCUT2D eigenvalue weighted by Crippen LogP contribution is -2.51. The van der Waals surface area contributed by atoms with Gasteiger partial charge in [-0.3, -0.25) is 4.90 Å². The molecule has 0 aliphatic carbocycles. The molecular formula is C21H26ClNO3. The van der Waals surface area contributed by atoms with E-state index >= 15 is 0 Å². The van der Waals surface area contributed by atoms with Crippen LogP contribution in [0.1, 0.15) is 29.5 Å². The number of ether oxygens (including phenoxy) is 1. The first-order valence-corrected chi connectivity index (χ1v) is 9.35. The molecule has 0 aromatic heterocycles. The van der Waals surface area contributed by atoms with Gasteiger partial charge >= 0.3 is 0 Å². The normalized spacial score (nSPS) is 20.9. The molecule has 140 valence electrons. The molecule has 0 unspecified atom stereocenters. The summed E-state index contributed by atoms with van der Waals surface area (Å²) < 4.78 is 5.91. The number of rotatable bonds is 5. The van der Waals surface area contributed by atoms with Crippen LogP contribution in [-0.2, 0) is 6.54 Å². The molecule has 0 amide bonds. The molecule has 1 heterocycles. The van der Waals surface area contributed by atoms with Crippen LogP contribution in [0.2, 0.25) is 5.02 Å². The van der Waals surface area contributed by atoms with Crippen LogP contribution in [0.5, 0.6) is 11.5 Å². The van der Waals surface area contributed by atoms with Gasteiger partial charge in [-0.2, -0.15) is 0 Å². The van der Waals surface area contributed by atoms with Crippen molar-refractivity contribution >= 4 is 11.6 Å². The number of nitrogens with zero attached hydrogens (tertiary/aromatic N) is 1. The number of hydrogen-bond acceptors (Lipinski definition) is 4. The van der Waals surface area contributed by atoms with Gasteiger partial charge in [-0.1, -0.05) is 23.7 Å². The Hall–Kier alpha value is -1.75. The predicted molar refractivity (Wildman–Crippen MR) is 104 cm³/mol. The zero-order chi connectivity index (χ0) is 18.7. The van der Waals surface area contributed by atoms with E-state index < -0.39 is 5.60 Å². The Bertz CT molecular complexity index is 739. The lowest BCUT2D eigenvalue weighted by molar-refractivity contribution is -0.0621. The summed E-state index contributed by atoms with van der Waals surface area (Å²) in [5.41, 5.74) is 2.21. The van der Waals surface area contributed by atoms with Crippen molar-refractivity contribution in [1.82, 2.24) is 4.90 Å². The highest BCUT2D eigenvalue weighted by Gasteiger charge is 2.34. The number of aliphatic hydroxyl groups is 1. The van der Waals surface area contributed by atoms with Crippen molar-refractivity contribution in [3.8, 4) is 11.5 Å². The van der Waals surface area contributed by atoms with Crippen molar-refractivity contribution in [1.29, 1.82) is 0 Å². The highest BCUT2D eigenvalue weighted by molar-refractivity contribution is 6.32. The fourth-order valence-electron chi connectivity index (χ4n) is 3.53. The number of hydrogen-bond donors (Lipinski definition) is 2. The lowest BCUT2D eigenvalue weighted by atomic mass is 9.93. The van der Waals surface area contributed by atoms with Crippen molar-refractivity contribution < 1.29 is 14.9 Å². The van der Waals surface area contributed by atoms with Crippen molar-refractivity contribution in [2.24, 2.45) is 0 Å². The van der Waals surface area contributed by atoms with Gasteiger partial charge < -0.3 is 14.9 Å². The second kappa shape index (κ2) is 7.87. The van der Waals surface area contributed by atoms with Crippen molar-refractivity contribution in [3.05, 3.63) is 58.1 Å². The van der Waals surface area contributed by atoms with Crippen LogP contribution in [0, 0.1) is 13.8 Å². The Morgan fingerprint density at radius 3 is 2.46 bits per heavy atom. The summed E-state index contributed by atoms with van der Waals surface area (Å²) in [7, 11) is 0. The summed E-state index contributed by atoms with van der Waals surface area (Å²) in [6.45, 7) is 6.44. The van der Waals surface area contributed by atoms with Crippen LogP contribution in [0.3, 0.4) is 0 Å². The van der Waals surface area contributed by atoms with Gasteiger partial charge in [0, 0.05) is 18.1 Å². The first-order chi connectivity index (χ1) is 12.3. The number of halogens is 1. The monoisotopic (exact) mass is 375 g/mol. The van der Waals surface area contributed by atoms with Gasteiger partial charge in [-0.05, 0) is 74.2 Å². The molecule has 1 fully saturated rings. The van der Waals surface area contributed by atoms with Crippen LogP contribution in [0.4, 0.5) is 0 Å². The molecule has 0 saturated carbocycles. The number of phenols is 1. The Morgan fingerprint density at radius 1 is 1.15 bits per heavy atom. The van der Waals surface area contributed by atoms with Crippen molar-refractivity contribution in [2.75, 3.05) is 19.7 Å². The summed E-state index contributed by atoms with van der Waals surface area (Å²) in [5.74, 6) is 1.01. The first kappa shape index (κ1) is 19.0. The third kappa shape index (κ3) is 4.70. The maximum absolute atomic E-state index is 11.0. The molecule has 2 aromatic carbocycles. The summed E-state index contributed by atoms with van der Waals surface area (Å²) >= 11 is 6.20. The number of likely N-dealkylation sites (tertiary alicyclic amines) is 1. The van der Waals surface area contributed by atoms with E-state index in [2.05, 4.69) is 4.90 Å². The van der Waals surface area contributed by atoms with E-state index in [0.717, 1.165) is 53.4 Å². The smallest absolute Gasteiger partial charge is 0.120 e. The number of β-amino-alcohol motifs (C(OH)–C–C–N with tert-alkyl or cyclic N) is 1. The average Bonchev–Trinajstić information content (AvgIpc) is 2.60. The van der Waals surface area contributed by atoms with Crippen molar-refractivity contribution in [2.45, 2.75) is 38.8 Å². The standard InChI is InChI=1S/C21H26ClNO3/c1-15-10-19(11-16(2)20(15)22)26-14-21(25)8-3-9-23(13-21)12-17-4-6-18(24)7-5-17/h4-7,10-11,24-25H,3,8-9,12-14H2,1-2H3/t21-/m1/s1. The topological polar surface area (TPSA) is 52.9 Å². The van der Waals surface area contributed by atoms with Crippen molar-refractivity contribution in [3.63, 3.8) is 0 Å². The molecule has 2 N–H and O–H groups in total. The molecule has 1 saturated heterocycles. The number of piperidine rings is 1. The third-order valence-electron chi connectivity index (χ3n) is 4.89. The molecule has 0 spiro atoms. The molecule has 1 aliphatic rings. The van der Waals surface area contributed by atoms with Gasteiger partial charge in [0.1, 0.15) is 23.7 Å². The lowest BCUT2D eigenvalue weighted by Gasteiger charge is -2.39. The molecule has 26 heavy (non-hydrogen) atoms. The summed E-state index contributed by atoms with van der Waals surface area (Å²) in [4.78, 5) is 2.23. The summed E-state index contributed by atoms with van der Waals surface area (Å²) in [6.07, 6.45) is 1.65. The first-order valence-electron chi connectivity index (χ1n) is 8.97. The Labute approximate surface area is 160 Å². The molecule has 1 aliphatic heterocycles. The fraction of sp³-hybridized carbons (Fsp3) is 0.429. The quantitative estimate of drug-likeness (QED) is 0.827. The minimum atomic E-state index is -0.864. The van der Waals surface area contributed by atoms with Gasteiger partial charge in [-0.15, -0.1) is 0 Å². The Balaban J connectivity index is 1.61. The van der Waals surface area contributed by atoms with Crippen LogP contribution in [-0.4, -0.2) is 40.4 Å². The molecule has 2 aromatic rings. The SMILES string of the molecule is Cc1cc(OC[C@@]2(O)CCCN(Cc3ccc(O)cc3)C2)cc(C)c1Cl. The van der Waals surface area contributed by atoms with E-state index in [1.54, 1.807) is 12.1 Å². The maximum atomic E-state index is 11.0. The Kier molecular flexibility index (Phi) is 5.76. The van der Waals surface area contributed by atoms with Crippen LogP contribution in [0.15, 0.2) is 36.4 Å². The fourth-order valence-corrected chi connectivity index (χ4v) is 3.63. The highest BCUT2D eigenvalue weighted by Crippen LogP contribution is 2.28. The summed E-state index contributed by atoms with van der Waals surface area (Å²) in [5, 5.41) is 21.1. The predicted octanol–water partition coefficient (Wildman–Crippen LogP) is 4.07. The highest BCUT2D eigenvalue weighted by atomic mass is 35.5. The third-order valence-corrected chi connectivity index (χ3v) is 5.49.